The van der Waals surface area contributed by atoms with Crippen LogP contribution in [0.25, 0.3) is 0 Å². The van der Waals surface area contributed by atoms with E-state index in [1.54, 1.807) is 11.8 Å². The monoisotopic (exact) mass is 413 g/mol. The van der Waals surface area contributed by atoms with Crippen LogP contribution in [0, 0.1) is 12.8 Å². The van der Waals surface area contributed by atoms with E-state index in [2.05, 4.69) is 5.32 Å². The van der Waals surface area contributed by atoms with Gasteiger partial charge in [-0.25, -0.2) is 4.79 Å². The number of amides is 3. The number of hydrogen-bond donors (Lipinski definition) is 2. The van der Waals surface area contributed by atoms with Gasteiger partial charge in [0.05, 0.1) is 12.5 Å². The van der Waals surface area contributed by atoms with E-state index in [1.165, 1.54) is 6.92 Å². The van der Waals surface area contributed by atoms with Crippen molar-refractivity contribution in [2.24, 2.45) is 11.7 Å². The first-order valence-electron chi connectivity index (χ1n) is 9.54. The van der Waals surface area contributed by atoms with Crippen LogP contribution in [-0.2, 0) is 20.9 Å². The molecule has 30 heavy (non-hydrogen) atoms. The fraction of sp³-hybridized carbons (Fsp3) is 0.333. The standard InChI is InChI=1S/C21H23N3O6/c1-3-29-21(28)16-12(2)30-20(17(16)18(22)26)23-19(27)14-9-15(25)24(11-14)10-13-7-5-4-6-8-13/h4-8,14H,3,9-11H2,1-2H3,(H2,22,26)(H,23,27). The summed E-state index contributed by atoms with van der Waals surface area (Å²) in [5.74, 6) is -3.08. The lowest BCUT2D eigenvalue weighted by Crippen LogP contribution is -2.28. The molecule has 158 valence electrons. The van der Waals surface area contributed by atoms with Crippen molar-refractivity contribution in [3.63, 3.8) is 0 Å². The molecule has 1 saturated heterocycles. The number of anilines is 1. The molecule has 1 aromatic heterocycles. The highest BCUT2D eigenvalue weighted by molar-refractivity contribution is 6.11. The maximum atomic E-state index is 12.7. The topological polar surface area (TPSA) is 132 Å². The highest BCUT2D eigenvalue weighted by Gasteiger charge is 2.36. The molecule has 0 radical (unpaired) electrons. The Morgan fingerprint density at radius 2 is 1.93 bits per heavy atom. The Balaban J connectivity index is 1.75. The van der Waals surface area contributed by atoms with Crippen molar-refractivity contribution in [1.29, 1.82) is 0 Å². The van der Waals surface area contributed by atoms with Crippen molar-refractivity contribution in [3.05, 3.63) is 52.8 Å². The Hall–Kier alpha value is -3.62. The molecule has 3 amide bonds. The summed E-state index contributed by atoms with van der Waals surface area (Å²) in [5, 5.41) is 2.50. The van der Waals surface area contributed by atoms with E-state index >= 15 is 0 Å². The number of nitrogens with zero attached hydrogens (tertiary/aromatic N) is 1. The normalized spacial score (nSPS) is 15.9. The van der Waals surface area contributed by atoms with Gasteiger partial charge in [0.25, 0.3) is 5.91 Å². The van der Waals surface area contributed by atoms with Gasteiger partial charge in [-0.05, 0) is 19.4 Å². The fourth-order valence-electron chi connectivity index (χ4n) is 3.44. The Labute approximate surface area is 173 Å². The third kappa shape index (κ3) is 4.35. The van der Waals surface area contributed by atoms with Gasteiger partial charge in [0, 0.05) is 19.5 Å². The predicted molar refractivity (Wildman–Crippen MR) is 107 cm³/mol. The lowest BCUT2D eigenvalue weighted by molar-refractivity contribution is -0.128. The molecule has 1 atom stereocenters. The molecule has 3 N–H and O–H groups in total. The van der Waals surface area contributed by atoms with Gasteiger partial charge in [-0.15, -0.1) is 0 Å². The maximum absolute atomic E-state index is 12.7. The molecule has 9 heteroatoms. The molecule has 1 fully saturated rings. The van der Waals surface area contributed by atoms with Gasteiger partial charge in [0.1, 0.15) is 16.9 Å². The molecule has 1 aliphatic rings. The number of nitrogens with one attached hydrogen (secondary N) is 1. The zero-order chi connectivity index (χ0) is 21.8. The van der Waals surface area contributed by atoms with Gasteiger partial charge in [-0.2, -0.15) is 0 Å². The number of primary amides is 1. The average Bonchev–Trinajstić information content (AvgIpc) is 3.22. The highest BCUT2D eigenvalue weighted by Crippen LogP contribution is 2.29. The summed E-state index contributed by atoms with van der Waals surface area (Å²) in [4.78, 5) is 50.7. The van der Waals surface area contributed by atoms with Crippen molar-refractivity contribution in [1.82, 2.24) is 4.90 Å². The lowest BCUT2D eigenvalue weighted by Gasteiger charge is -2.16. The SMILES string of the molecule is CCOC(=O)c1c(C)oc(NC(=O)C2CC(=O)N(Cc3ccccc3)C2)c1C(N)=O. The molecule has 1 unspecified atom stereocenters. The van der Waals surface area contributed by atoms with Gasteiger partial charge in [-0.3, -0.25) is 19.7 Å². The second kappa shape index (κ2) is 8.81. The molecule has 2 aromatic rings. The summed E-state index contributed by atoms with van der Waals surface area (Å²) in [5.41, 5.74) is 6.00. The van der Waals surface area contributed by atoms with Crippen LogP contribution in [0.1, 0.15) is 45.4 Å². The molecule has 1 aliphatic heterocycles. The maximum Gasteiger partial charge on any atom is 0.342 e. The van der Waals surface area contributed by atoms with Gasteiger partial charge in [0.2, 0.25) is 17.7 Å². The van der Waals surface area contributed by atoms with Crippen LogP contribution in [-0.4, -0.2) is 41.7 Å². The van der Waals surface area contributed by atoms with E-state index < -0.39 is 23.7 Å². The van der Waals surface area contributed by atoms with E-state index in [0.717, 1.165) is 5.56 Å². The molecule has 0 bridgehead atoms. The molecular weight excluding hydrogens is 390 g/mol. The fourth-order valence-corrected chi connectivity index (χ4v) is 3.44. The quantitative estimate of drug-likeness (QED) is 0.666. The molecule has 3 rings (SSSR count). The van der Waals surface area contributed by atoms with Crippen LogP contribution in [0.2, 0.25) is 0 Å². The number of carbonyl (C=O) groups is 4. The van der Waals surface area contributed by atoms with Crippen LogP contribution < -0.4 is 11.1 Å². The summed E-state index contributed by atoms with van der Waals surface area (Å²) in [6, 6.07) is 9.46. The number of nitrogens with two attached hydrogens (primary N) is 1. The number of rotatable bonds is 7. The van der Waals surface area contributed by atoms with E-state index in [-0.39, 0.29) is 48.3 Å². The number of hydrogen-bond acceptors (Lipinski definition) is 6. The van der Waals surface area contributed by atoms with Gasteiger partial charge in [0.15, 0.2) is 0 Å². The first-order chi connectivity index (χ1) is 14.3. The lowest BCUT2D eigenvalue weighted by atomic mass is 10.1. The minimum Gasteiger partial charge on any atom is -0.462 e. The summed E-state index contributed by atoms with van der Waals surface area (Å²) in [6.07, 6.45) is 0.0367. The predicted octanol–water partition coefficient (Wildman–Crippen LogP) is 1.85. The third-order valence-electron chi connectivity index (χ3n) is 4.85. The second-order valence-corrected chi connectivity index (χ2v) is 6.97. The number of esters is 1. The first kappa shape index (κ1) is 21.1. The first-order valence-corrected chi connectivity index (χ1v) is 9.54. The number of furan rings is 1. The van der Waals surface area contributed by atoms with Crippen LogP contribution in [0.3, 0.4) is 0 Å². The zero-order valence-electron chi connectivity index (χ0n) is 16.8. The van der Waals surface area contributed by atoms with Crippen LogP contribution in [0.5, 0.6) is 0 Å². The van der Waals surface area contributed by atoms with E-state index in [0.29, 0.717) is 6.54 Å². The van der Waals surface area contributed by atoms with Gasteiger partial charge < -0.3 is 19.8 Å². The summed E-state index contributed by atoms with van der Waals surface area (Å²) in [6.45, 7) is 3.83. The second-order valence-electron chi connectivity index (χ2n) is 6.97. The van der Waals surface area contributed by atoms with Gasteiger partial charge >= 0.3 is 5.97 Å². The van der Waals surface area contributed by atoms with Crippen LogP contribution in [0.15, 0.2) is 34.7 Å². The Morgan fingerprint density at radius 3 is 2.57 bits per heavy atom. The molecule has 0 spiro atoms. The van der Waals surface area contributed by atoms with Gasteiger partial charge in [-0.1, -0.05) is 30.3 Å². The van der Waals surface area contributed by atoms with Crippen molar-refractivity contribution in [2.75, 3.05) is 18.5 Å². The molecule has 0 aliphatic carbocycles. The minimum atomic E-state index is -0.932. The molecule has 1 aromatic carbocycles. The largest absolute Gasteiger partial charge is 0.462 e. The average molecular weight is 413 g/mol. The number of carbonyl (C=O) groups excluding carboxylic acids is 4. The molecule has 9 nitrogen and oxygen atoms in total. The van der Waals surface area contributed by atoms with E-state index in [4.69, 9.17) is 14.9 Å². The summed E-state index contributed by atoms with van der Waals surface area (Å²) in [7, 11) is 0. The third-order valence-corrected chi connectivity index (χ3v) is 4.85. The minimum absolute atomic E-state index is 0.0367. The Kier molecular flexibility index (Phi) is 6.20. The summed E-state index contributed by atoms with van der Waals surface area (Å²) < 4.78 is 10.4. The van der Waals surface area contributed by atoms with Crippen LogP contribution in [0.4, 0.5) is 5.88 Å². The Morgan fingerprint density at radius 1 is 1.23 bits per heavy atom. The van der Waals surface area contributed by atoms with E-state index in [1.807, 2.05) is 30.3 Å². The number of ether oxygens (including phenoxy) is 1. The highest BCUT2D eigenvalue weighted by atomic mass is 16.5. The Bertz CT molecular complexity index is 982. The number of benzene rings is 1. The van der Waals surface area contributed by atoms with Crippen molar-refractivity contribution < 1.29 is 28.3 Å². The molecule has 2 heterocycles. The van der Waals surface area contributed by atoms with Crippen molar-refractivity contribution >= 4 is 29.6 Å². The van der Waals surface area contributed by atoms with Crippen LogP contribution >= 0.6 is 0 Å². The zero-order valence-corrected chi connectivity index (χ0v) is 16.8. The summed E-state index contributed by atoms with van der Waals surface area (Å²) >= 11 is 0. The van der Waals surface area contributed by atoms with E-state index in [9.17, 15) is 19.2 Å². The van der Waals surface area contributed by atoms with Crippen molar-refractivity contribution in [2.45, 2.75) is 26.8 Å². The smallest absolute Gasteiger partial charge is 0.342 e. The number of aryl methyl sites for hydroxylation is 1. The number of likely N-dealkylation sites (tertiary alicyclic amines) is 1. The van der Waals surface area contributed by atoms with Crippen molar-refractivity contribution in [3.8, 4) is 0 Å². The molecular formula is C21H23N3O6. The molecule has 0 saturated carbocycles.